The Morgan fingerprint density at radius 1 is 1.14 bits per heavy atom. The number of ether oxygens (including phenoxy) is 1. The summed E-state index contributed by atoms with van der Waals surface area (Å²) in [4.78, 5) is 36.8. The topological polar surface area (TPSA) is 84.5 Å². The number of amides is 2. The van der Waals surface area contributed by atoms with Crippen molar-refractivity contribution in [2.75, 3.05) is 19.7 Å². The number of rotatable bonds is 5. The maximum Gasteiger partial charge on any atom is 0.252 e. The maximum atomic E-state index is 12.5. The molecule has 0 spiro atoms. The molecule has 2 aliphatic heterocycles. The number of fused-ring (bicyclic) bond motifs is 3. The lowest BCUT2D eigenvalue weighted by atomic mass is 9.82. The number of ketones is 1. The molecule has 2 heterocycles. The minimum absolute atomic E-state index is 0.0167. The van der Waals surface area contributed by atoms with Crippen LogP contribution in [0.1, 0.15) is 50.6 Å². The summed E-state index contributed by atoms with van der Waals surface area (Å²) in [5.74, 6) is 0.413. The normalized spacial score (nSPS) is 17.8. The van der Waals surface area contributed by atoms with Crippen LogP contribution < -0.4 is 15.4 Å². The summed E-state index contributed by atoms with van der Waals surface area (Å²) in [6.45, 7) is 1.09. The van der Waals surface area contributed by atoms with Gasteiger partial charge in [0.2, 0.25) is 5.91 Å². The SMILES string of the molecule is O=C(Cc1ccccc1)NCCC1CCOc2ccc3c(c21)C(=O)CNC3=O. The van der Waals surface area contributed by atoms with Crippen molar-refractivity contribution in [2.45, 2.75) is 25.2 Å². The van der Waals surface area contributed by atoms with Crippen LogP contribution in [0.25, 0.3) is 0 Å². The Labute approximate surface area is 163 Å². The highest BCUT2D eigenvalue weighted by Gasteiger charge is 2.33. The molecule has 2 N–H and O–H groups in total. The van der Waals surface area contributed by atoms with Gasteiger partial charge in [-0.3, -0.25) is 14.4 Å². The molecule has 2 aromatic rings. The molecule has 0 bridgehead atoms. The average molecular weight is 378 g/mol. The molecule has 0 saturated carbocycles. The van der Waals surface area contributed by atoms with Crippen molar-refractivity contribution >= 4 is 17.6 Å². The number of Topliss-reactive ketones (excluding diaryl/α,β-unsaturated/α-hetero) is 1. The zero-order valence-electron chi connectivity index (χ0n) is 15.5. The minimum Gasteiger partial charge on any atom is -0.493 e. The molecule has 6 nitrogen and oxygen atoms in total. The van der Waals surface area contributed by atoms with E-state index >= 15 is 0 Å². The van der Waals surface area contributed by atoms with Crippen molar-refractivity contribution in [3.05, 3.63) is 64.7 Å². The molecule has 0 fully saturated rings. The van der Waals surface area contributed by atoms with Crippen molar-refractivity contribution in [3.63, 3.8) is 0 Å². The lowest BCUT2D eigenvalue weighted by Crippen LogP contribution is -2.38. The van der Waals surface area contributed by atoms with Gasteiger partial charge in [-0.2, -0.15) is 0 Å². The summed E-state index contributed by atoms with van der Waals surface area (Å²) < 4.78 is 5.74. The van der Waals surface area contributed by atoms with Crippen molar-refractivity contribution in [2.24, 2.45) is 0 Å². The Bertz CT molecular complexity index is 924. The molecular formula is C22H22N2O4. The summed E-state index contributed by atoms with van der Waals surface area (Å²) in [6, 6.07) is 13.0. The number of carbonyl (C=O) groups is 3. The van der Waals surface area contributed by atoms with Crippen molar-refractivity contribution < 1.29 is 19.1 Å². The molecule has 28 heavy (non-hydrogen) atoms. The summed E-state index contributed by atoms with van der Waals surface area (Å²) in [6.07, 6.45) is 1.80. The maximum absolute atomic E-state index is 12.5. The van der Waals surface area contributed by atoms with Crippen LogP contribution in [0, 0.1) is 0 Å². The Kier molecular flexibility index (Phi) is 5.10. The van der Waals surface area contributed by atoms with E-state index in [4.69, 9.17) is 4.74 Å². The van der Waals surface area contributed by atoms with Gasteiger partial charge in [0.1, 0.15) is 5.75 Å². The smallest absolute Gasteiger partial charge is 0.252 e. The van der Waals surface area contributed by atoms with Crippen LogP contribution in [0.3, 0.4) is 0 Å². The largest absolute Gasteiger partial charge is 0.493 e. The standard InChI is InChI=1S/C22H22N2O4/c25-17-13-24-22(27)16-6-7-18-20(21(16)17)15(9-11-28-18)8-10-23-19(26)12-14-4-2-1-3-5-14/h1-7,15H,8-13H2,(H,23,26)(H,24,27). The second kappa shape index (κ2) is 7.84. The first-order valence-corrected chi connectivity index (χ1v) is 9.55. The van der Waals surface area contributed by atoms with Gasteiger partial charge < -0.3 is 15.4 Å². The predicted molar refractivity (Wildman–Crippen MR) is 104 cm³/mol. The van der Waals surface area contributed by atoms with Crippen LogP contribution in [0.4, 0.5) is 0 Å². The molecule has 2 amide bonds. The summed E-state index contributed by atoms with van der Waals surface area (Å²) in [7, 11) is 0. The van der Waals surface area contributed by atoms with Gasteiger partial charge in [0.15, 0.2) is 5.78 Å². The Morgan fingerprint density at radius 3 is 2.79 bits per heavy atom. The molecule has 0 saturated heterocycles. The van der Waals surface area contributed by atoms with Gasteiger partial charge in [0, 0.05) is 17.7 Å². The fourth-order valence-electron chi connectivity index (χ4n) is 3.94. The van der Waals surface area contributed by atoms with E-state index in [0.717, 1.165) is 17.5 Å². The first-order valence-electron chi connectivity index (χ1n) is 9.55. The number of benzene rings is 2. The van der Waals surface area contributed by atoms with Crippen molar-refractivity contribution in [1.29, 1.82) is 0 Å². The van der Waals surface area contributed by atoms with Crippen LogP contribution >= 0.6 is 0 Å². The summed E-state index contributed by atoms with van der Waals surface area (Å²) >= 11 is 0. The predicted octanol–water partition coefficient (Wildman–Crippen LogP) is 2.23. The van der Waals surface area contributed by atoms with Gasteiger partial charge >= 0.3 is 0 Å². The third-order valence-corrected chi connectivity index (χ3v) is 5.29. The first-order chi connectivity index (χ1) is 13.6. The van der Waals surface area contributed by atoms with E-state index in [1.807, 2.05) is 30.3 Å². The molecule has 6 heteroatoms. The van der Waals surface area contributed by atoms with Crippen molar-refractivity contribution in [1.82, 2.24) is 10.6 Å². The van der Waals surface area contributed by atoms with Gasteiger partial charge in [-0.1, -0.05) is 30.3 Å². The Hall–Kier alpha value is -3.15. The van der Waals surface area contributed by atoms with E-state index in [1.165, 1.54) is 0 Å². The highest BCUT2D eigenvalue weighted by molar-refractivity contribution is 6.15. The van der Waals surface area contributed by atoms with Crippen LogP contribution in [-0.2, 0) is 11.2 Å². The molecule has 0 aromatic heterocycles. The fourth-order valence-corrected chi connectivity index (χ4v) is 3.94. The first kappa shape index (κ1) is 18.2. The van der Waals surface area contributed by atoms with Gasteiger partial charge in [0.05, 0.1) is 25.1 Å². The van der Waals surface area contributed by atoms with Crippen LogP contribution in [0.2, 0.25) is 0 Å². The summed E-state index contributed by atoms with van der Waals surface area (Å²) in [5.41, 5.74) is 2.70. The van der Waals surface area contributed by atoms with E-state index in [-0.39, 0.29) is 30.1 Å². The zero-order chi connectivity index (χ0) is 19.5. The van der Waals surface area contributed by atoms with Crippen LogP contribution in [-0.4, -0.2) is 37.3 Å². The molecule has 144 valence electrons. The van der Waals surface area contributed by atoms with Gasteiger partial charge in [-0.25, -0.2) is 0 Å². The van der Waals surface area contributed by atoms with E-state index in [0.29, 0.717) is 42.9 Å². The van der Waals surface area contributed by atoms with Crippen LogP contribution in [0.15, 0.2) is 42.5 Å². The quantitative estimate of drug-likeness (QED) is 0.836. The van der Waals surface area contributed by atoms with Crippen molar-refractivity contribution in [3.8, 4) is 5.75 Å². The van der Waals surface area contributed by atoms with Crippen LogP contribution in [0.5, 0.6) is 5.75 Å². The molecule has 1 unspecified atom stereocenters. The highest BCUT2D eigenvalue weighted by atomic mass is 16.5. The third-order valence-electron chi connectivity index (χ3n) is 5.29. The molecule has 1 atom stereocenters. The number of nitrogens with one attached hydrogen (secondary N) is 2. The average Bonchev–Trinajstić information content (AvgIpc) is 2.71. The van der Waals surface area contributed by atoms with Gasteiger partial charge in [-0.05, 0) is 36.5 Å². The minimum atomic E-state index is -0.224. The third kappa shape index (κ3) is 3.63. The second-order valence-corrected chi connectivity index (χ2v) is 7.14. The summed E-state index contributed by atoms with van der Waals surface area (Å²) in [5, 5.41) is 5.57. The Morgan fingerprint density at radius 2 is 1.96 bits per heavy atom. The molecule has 4 rings (SSSR count). The molecule has 2 aromatic carbocycles. The molecular weight excluding hydrogens is 356 g/mol. The molecule has 2 aliphatic rings. The number of hydrogen-bond acceptors (Lipinski definition) is 4. The van der Waals surface area contributed by atoms with E-state index < -0.39 is 0 Å². The monoisotopic (exact) mass is 378 g/mol. The lowest BCUT2D eigenvalue weighted by Gasteiger charge is -2.30. The molecule has 0 aliphatic carbocycles. The van der Waals surface area contributed by atoms with E-state index in [1.54, 1.807) is 12.1 Å². The van der Waals surface area contributed by atoms with E-state index in [2.05, 4.69) is 10.6 Å². The Balaban J connectivity index is 1.46. The number of hydrogen-bond donors (Lipinski definition) is 2. The second-order valence-electron chi connectivity index (χ2n) is 7.14. The van der Waals surface area contributed by atoms with E-state index in [9.17, 15) is 14.4 Å². The number of carbonyl (C=O) groups excluding carboxylic acids is 3. The van der Waals surface area contributed by atoms with Gasteiger partial charge in [0.25, 0.3) is 5.91 Å². The van der Waals surface area contributed by atoms with Gasteiger partial charge in [-0.15, -0.1) is 0 Å². The molecule has 0 radical (unpaired) electrons. The lowest BCUT2D eigenvalue weighted by molar-refractivity contribution is -0.120. The zero-order valence-corrected chi connectivity index (χ0v) is 15.5. The highest BCUT2D eigenvalue weighted by Crippen LogP contribution is 2.40. The fraction of sp³-hybridized carbons (Fsp3) is 0.318.